The molecule has 0 saturated carbocycles. The van der Waals surface area contributed by atoms with Gasteiger partial charge < -0.3 is 10.2 Å². The zero-order valence-corrected chi connectivity index (χ0v) is 10.9. The highest BCUT2D eigenvalue weighted by molar-refractivity contribution is 5.60. The van der Waals surface area contributed by atoms with Crippen LogP contribution in [0.3, 0.4) is 0 Å². The van der Waals surface area contributed by atoms with Gasteiger partial charge in [0.1, 0.15) is 5.75 Å². The van der Waals surface area contributed by atoms with Crippen LogP contribution >= 0.6 is 0 Å². The van der Waals surface area contributed by atoms with Gasteiger partial charge in [-0.3, -0.25) is 0 Å². The second-order valence-electron chi connectivity index (χ2n) is 4.32. The molecule has 2 heteroatoms. The molecule has 0 radical (unpaired) electrons. The Morgan fingerprint density at radius 2 is 1.76 bits per heavy atom. The zero-order valence-electron chi connectivity index (χ0n) is 10.9. The van der Waals surface area contributed by atoms with E-state index >= 15 is 0 Å². The van der Waals surface area contributed by atoms with Crippen LogP contribution in [-0.2, 0) is 0 Å². The molecule has 0 amide bonds. The number of benzene rings is 1. The third kappa shape index (κ3) is 3.10. The van der Waals surface area contributed by atoms with Crippen molar-refractivity contribution in [1.82, 2.24) is 0 Å². The number of para-hydroxylation sites is 1. The van der Waals surface area contributed by atoms with Crippen molar-refractivity contribution in [3.05, 3.63) is 35.4 Å². The van der Waals surface area contributed by atoms with E-state index in [1.54, 1.807) is 12.1 Å². The molecule has 1 aromatic rings. The predicted octanol–water partition coefficient (Wildman–Crippen LogP) is 3.74. The average Bonchev–Trinajstić information content (AvgIpc) is 2.37. The summed E-state index contributed by atoms with van der Waals surface area (Å²) in [6, 6.07) is 7.20. The molecule has 0 fully saturated rings. The van der Waals surface area contributed by atoms with Gasteiger partial charge in [0, 0.05) is 5.56 Å². The van der Waals surface area contributed by atoms with Gasteiger partial charge in [0.25, 0.3) is 0 Å². The van der Waals surface area contributed by atoms with Crippen LogP contribution in [0.2, 0.25) is 0 Å². The first-order chi connectivity index (χ1) is 8.07. The highest BCUT2D eigenvalue weighted by atomic mass is 16.3. The van der Waals surface area contributed by atoms with Crippen LogP contribution in [0.25, 0.3) is 6.08 Å². The highest BCUT2D eigenvalue weighted by Gasteiger charge is 2.26. The molecule has 0 aliphatic rings. The fourth-order valence-electron chi connectivity index (χ4n) is 2.07. The van der Waals surface area contributed by atoms with Gasteiger partial charge in [-0.25, -0.2) is 0 Å². The number of aliphatic hydroxyl groups is 1. The van der Waals surface area contributed by atoms with Crippen molar-refractivity contribution in [2.24, 2.45) is 0 Å². The second-order valence-corrected chi connectivity index (χ2v) is 4.32. The Balaban J connectivity index is 3.14. The molecular formula is C15H22O2. The SMILES string of the molecule is CC/C(=C/c1ccccc1O)C(O)(CC)CC. The zero-order chi connectivity index (χ0) is 12.9. The number of aromatic hydroxyl groups is 1. The molecule has 2 N–H and O–H groups in total. The molecule has 0 aliphatic heterocycles. The van der Waals surface area contributed by atoms with Crippen LogP contribution in [0.1, 0.15) is 45.6 Å². The fourth-order valence-corrected chi connectivity index (χ4v) is 2.07. The Morgan fingerprint density at radius 1 is 1.18 bits per heavy atom. The van der Waals surface area contributed by atoms with Gasteiger partial charge in [0.15, 0.2) is 0 Å². The van der Waals surface area contributed by atoms with Gasteiger partial charge in [0.05, 0.1) is 5.60 Å². The average molecular weight is 234 g/mol. The summed E-state index contributed by atoms with van der Waals surface area (Å²) in [5.41, 5.74) is 0.991. The van der Waals surface area contributed by atoms with Gasteiger partial charge in [-0.2, -0.15) is 0 Å². The van der Waals surface area contributed by atoms with Crippen molar-refractivity contribution in [1.29, 1.82) is 0 Å². The van der Waals surface area contributed by atoms with Crippen molar-refractivity contribution in [2.75, 3.05) is 0 Å². The van der Waals surface area contributed by atoms with E-state index in [4.69, 9.17) is 0 Å². The van der Waals surface area contributed by atoms with Crippen molar-refractivity contribution in [3.8, 4) is 5.75 Å². The van der Waals surface area contributed by atoms with E-state index in [2.05, 4.69) is 0 Å². The summed E-state index contributed by atoms with van der Waals surface area (Å²) >= 11 is 0. The van der Waals surface area contributed by atoms with Gasteiger partial charge in [-0.1, -0.05) is 39.0 Å². The lowest BCUT2D eigenvalue weighted by molar-refractivity contribution is 0.0684. The summed E-state index contributed by atoms with van der Waals surface area (Å²) in [5, 5.41) is 20.2. The maximum atomic E-state index is 10.5. The first-order valence-electron chi connectivity index (χ1n) is 6.28. The second kappa shape index (κ2) is 5.87. The molecule has 1 rings (SSSR count). The normalized spacial score (nSPS) is 12.8. The molecule has 0 unspecified atom stereocenters. The minimum atomic E-state index is -0.753. The summed E-state index contributed by atoms with van der Waals surface area (Å²) in [5.74, 6) is 0.257. The lowest BCUT2D eigenvalue weighted by Crippen LogP contribution is -2.29. The Hall–Kier alpha value is -1.28. The summed E-state index contributed by atoms with van der Waals surface area (Å²) < 4.78 is 0. The highest BCUT2D eigenvalue weighted by Crippen LogP contribution is 2.30. The van der Waals surface area contributed by atoms with E-state index < -0.39 is 5.60 Å². The van der Waals surface area contributed by atoms with E-state index in [9.17, 15) is 10.2 Å². The van der Waals surface area contributed by atoms with E-state index in [0.29, 0.717) is 12.8 Å². The third-order valence-corrected chi connectivity index (χ3v) is 3.41. The van der Waals surface area contributed by atoms with Crippen LogP contribution < -0.4 is 0 Å². The lowest BCUT2D eigenvalue weighted by atomic mass is 9.85. The van der Waals surface area contributed by atoms with E-state index in [-0.39, 0.29) is 5.75 Å². The van der Waals surface area contributed by atoms with E-state index in [1.807, 2.05) is 39.0 Å². The first-order valence-corrected chi connectivity index (χ1v) is 6.28. The number of hydrogen-bond donors (Lipinski definition) is 2. The molecule has 0 aromatic heterocycles. The molecule has 0 spiro atoms. The smallest absolute Gasteiger partial charge is 0.122 e. The van der Waals surface area contributed by atoms with Crippen molar-refractivity contribution >= 4 is 6.08 Å². The number of phenolic OH excluding ortho intramolecular Hbond substituents is 1. The third-order valence-electron chi connectivity index (χ3n) is 3.41. The molecule has 2 nitrogen and oxygen atoms in total. The first kappa shape index (κ1) is 13.8. The molecule has 0 aliphatic carbocycles. The van der Waals surface area contributed by atoms with E-state index in [1.165, 1.54) is 0 Å². The Labute approximate surface area is 104 Å². The monoisotopic (exact) mass is 234 g/mol. The molecular weight excluding hydrogens is 212 g/mol. The number of hydrogen-bond acceptors (Lipinski definition) is 2. The van der Waals surface area contributed by atoms with Crippen molar-refractivity contribution in [2.45, 2.75) is 45.6 Å². The molecule has 0 bridgehead atoms. The number of phenols is 1. The Kier molecular flexibility index (Phi) is 4.76. The summed E-state index contributed by atoms with van der Waals surface area (Å²) in [4.78, 5) is 0. The summed E-state index contributed by atoms with van der Waals surface area (Å²) in [6.45, 7) is 6.00. The Morgan fingerprint density at radius 3 is 2.24 bits per heavy atom. The topological polar surface area (TPSA) is 40.5 Å². The molecule has 0 atom stereocenters. The maximum Gasteiger partial charge on any atom is 0.122 e. The predicted molar refractivity (Wildman–Crippen MR) is 71.9 cm³/mol. The molecule has 94 valence electrons. The minimum absolute atomic E-state index is 0.257. The quantitative estimate of drug-likeness (QED) is 0.814. The fraction of sp³-hybridized carbons (Fsp3) is 0.467. The van der Waals surface area contributed by atoms with Gasteiger partial charge in [-0.15, -0.1) is 0 Å². The van der Waals surface area contributed by atoms with Crippen LogP contribution in [-0.4, -0.2) is 15.8 Å². The largest absolute Gasteiger partial charge is 0.507 e. The van der Waals surface area contributed by atoms with Crippen LogP contribution in [0.15, 0.2) is 29.8 Å². The molecule has 17 heavy (non-hydrogen) atoms. The van der Waals surface area contributed by atoms with Gasteiger partial charge in [-0.05, 0) is 37.0 Å². The summed E-state index contributed by atoms with van der Waals surface area (Å²) in [7, 11) is 0. The van der Waals surface area contributed by atoms with Crippen molar-refractivity contribution < 1.29 is 10.2 Å². The summed E-state index contributed by atoms with van der Waals surface area (Å²) in [6.07, 6.45) is 4.07. The van der Waals surface area contributed by atoms with Crippen LogP contribution in [0, 0.1) is 0 Å². The van der Waals surface area contributed by atoms with Crippen LogP contribution in [0.4, 0.5) is 0 Å². The van der Waals surface area contributed by atoms with Gasteiger partial charge >= 0.3 is 0 Å². The molecule has 0 heterocycles. The van der Waals surface area contributed by atoms with E-state index in [0.717, 1.165) is 17.6 Å². The van der Waals surface area contributed by atoms with Crippen molar-refractivity contribution in [3.63, 3.8) is 0 Å². The number of rotatable bonds is 5. The molecule has 0 saturated heterocycles. The minimum Gasteiger partial charge on any atom is -0.507 e. The van der Waals surface area contributed by atoms with Gasteiger partial charge in [0.2, 0.25) is 0 Å². The Bertz CT molecular complexity index is 390. The lowest BCUT2D eigenvalue weighted by Gasteiger charge is -2.28. The molecule has 1 aromatic carbocycles. The van der Waals surface area contributed by atoms with Crippen LogP contribution in [0.5, 0.6) is 5.75 Å². The maximum absolute atomic E-state index is 10.5. The standard InChI is InChI=1S/C15H22O2/c1-4-13(15(17,5-2)6-3)11-12-9-7-8-10-14(12)16/h7-11,16-17H,4-6H2,1-3H3/b13-11-.